The molecule has 1 unspecified atom stereocenters. The lowest BCUT2D eigenvalue weighted by Gasteiger charge is -2.17. The van der Waals surface area contributed by atoms with E-state index in [2.05, 4.69) is 5.32 Å². The number of benzene rings is 2. The molecule has 0 saturated heterocycles. The van der Waals surface area contributed by atoms with E-state index in [1.807, 2.05) is 50.2 Å². The highest BCUT2D eigenvalue weighted by Gasteiger charge is 2.15. The maximum absolute atomic E-state index is 14.1. The third-order valence-electron chi connectivity index (χ3n) is 2.93. The SMILES string of the molecule is CCNC(C)c1c(F)cccc1Sc1ccccc1. The number of hydrogen-bond acceptors (Lipinski definition) is 2. The molecule has 100 valence electrons. The molecule has 19 heavy (non-hydrogen) atoms. The topological polar surface area (TPSA) is 12.0 Å². The van der Waals surface area contributed by atoms with Gasteiger partial charge in [-0.1, -0.05) is 43.0 Å². The zero-order valence-corrected chi connectivity index (χ0v) is 12.0. The van der Waals surface area contributed by atoms with Gasteiger partial charge in [-0.2, -0.15) is 0 Å². The van der Waals surface area contributed by atoms with Gasteiger partial charge in [0.1, 0.15) is 5.82 Å². The zero-order valence-electron chi connectivity index (χ0n) is 11.2. The summed E-state index contributed by atoms with van der Waals surface area (Å²) < 4.78 is 14.1. The minimum atomic E-state index is -0.144. The van der Waals surface area contributed by atoms with Crippen molar-refractivity contribution in [3.05, 3.63) is 59.9 Å². The summed E-state index contributed by atoms with van der Waals surface area (Å²) in [5.41, 5.74) is 0.748. The highest BCUT2D eigenvalue weighted by molar-refractivity contribution is 7.99. The predicted molar refractivity (Wildman–Crippen MR) is 79.1 cm³/mol. The van der Waals surface area contributed by atoms with E-state index in [1.165, 1.54) is 6.07 Å². The normalized spacial score (nSPS) is 12.4. The van der Waals surface area contributed by atoms with Crippen molar-refractivity contribution in [2.75, 3.05) is 6.54 Å². The lowest BCUT2D eigenvalue weighted by molar-refractivity contribution is 0.531. The van der Waals surface area contributed by atoms with Gasteiger partial charge in [-0.05, 0) is 37.7 Å². The van der Waals surface area contributed by atoms with Crippen LogP contribution in [0.2, 0.25) is 0 Å². The van der Waals surface area contributed by atoms with Crippen molar-refractivity contribution in [1.29, 1.82) is 0 Å². The zero-order chi connectivity index (χ0) is 13.7. The average Bonchev–Trinajstić information content (AvgIpc) is 2.40. The second kappa shape index (κ2) is 6.73. The lowest BCUT2D eigenvalue weighted by atomic mass is 10.1. The van der Waals surface area contributed by atoms with Crippen LogP contribution in [-0.2, 0) is 0 Å². The van der Waals surface area contributed by atoms with E-state index >= 15 is 0 Å². The molecule has 0 radical (unpaired) electrons. The van der Waals surface area contributed by atoms with E-state index in [9.17, 15) is 4.39 Å². The standard InChI is InChI=1S/C16H18FNS/c1-3-18-12(2)16-14(17)10-7-11-15(16)19-13-8-5-4-6-9-13/h4-12,18H,3H2,1-2H3. The first kappa shape index (κ1) is 14.1. The molecule has 0 aromatic heterocycles. The molecule has 0 aliphatic rings. The maximum Gasteiger partial charge on any atom is 0.129 e. The fourth-order valence-electron chi connectivity index (χ4n) is 2.05. The van der Waals surface area contributed by atoms with Crippen molar-refractivity contribution in [3.8, 4) is 0 Å². The molecule has 0 aliphatic carbocycles. The molecule has 2 aromatic carbocycles. The Labute approximate surface area is 118 Å². The molecule has 3 heteroatoms. The third kappa shape index (κ3) is 3.58. The largest absolute Gasteiger partial charge is 0.310 e. The second-order valence-electron chi connectivity index (χ2n) is 4.35. The summed E-state index contributed by atoms with van der Waals surface area (Å²) in [5.74, 6) is -0.144. The van der Waals surface area contributed by atoms with Gasteiger partial charge in [0.25, 0.3) is 0 Å². The van der Waals surface area contributed by atoms with Gasteiger partial charge in [0.2, 0.25) is 0 Å². The van der Waals surface area contributed by atoms with Crippen molar-refractivity contribution in [2.45, 2.75) is 29.7 Å². The van der Waals surface area contributed by atoms with Crippen LogP contribution < -0.4 is 5.32 Å². The Hall–Kier alpha value is -1.32. The number of rotatable bonds is 5. The summed E-state index contributed by atoms with van der Waals surface area (Å²) in [5, 5.41) is 3.28. The summed E-state index contributed by atoms with van der Waals surface area (Å²) in [4.78, 5) is 2.10. The highest BCUT2D eigenvalue weighted by Crippen LogP contribution is 2.34. The summed E-state index contributed by atoms with van der Waals surface area (Å²) in [6.07, 6.45) is 0. The first-order valence-corrected chi connectivity index (χ1v) is 7.28. The summed E-state index contributed by atoms with van der Waals surface area (Å²) in [6, 6.07) is 15.3. The van der Waals surface area contributed by atoms with Gasteiger partial charge < -0.3 is 5.32 Å². The van der Waals surface area contributed by atoms with Gasteiger partial charge in [-0.3, -0.25) is 0 Å². The van der Waals surface area contributed by atoms with Gasteiger partial charge in [0.05, 0.1) is 0 Å². The van der Waals surface area contributed by atoms with Crippen LogP contribution in [0.1, 0.15) is 25.5 Å². The molecule has 0 spiro atoms. The summed E-state index contributed by atoms with van der Waals surface area (Å²) in [6.45, 7) is 4.85. The first-order valence-electron chi connectivity index (χ1n) is 6.47. The van der Waals surface area contributed by atoms with Crippen molar-refractivity contribution in [2.24, 2.45) is 0 Å². The maximum atomic E-state index is 14.1. The molecule has 0 aliphatic heterocycles. The monoisotopic (exact) mass is 275 g/mol. The van der Waals surface area contributed by atoms with Crippen molar-refractivity contribution >= 4 is 11.8 Å². The van der Waals surface area contributed by atoms with Crippen LogP contribution in [0.25, 0.3) is 0 Å². The van der Waals surface area contributed by atoms with E-state index < -0.39 is 0 Å². The molecule has 0 saturated carbocycles. The molecule has 1 atom stereocenters. The van der Waals surface area contributed by atoms with Gasteiger partial charge in [0.15, 0.2) is 0 Å². The van der Waals surface area contributed by atoms with Crippen molar-refractivity contribution in [1.82, 2.24) is 5.32 Å². The van der Waals surface area contributed by atoms with Crippen LogP contribution in [0.15, 0.2) is 58.3 Å². The van der Waals surface area contributed by atoms with Crippen LogP contribution in [-0.4, -0.2) is 6.54 Å². The van der Waals surface area contributed by atoms with E-state index in [4.69, 9.17) is 0 Å². The minimum Gasteiger partial charge on any atom is -0.310 e. The van der Waals surface area contributed by atoms with Gasteiger partial charge in [-0.15, -0.1) is 0 Å². The second-order valence-corrected chi connectivity index (χ2v) is 5.46. The Bertz CT molecular complexity index is 528. The molecular weight excluding hydrogens is 257 g/mol. The molecule has 1 nitrogen and oxygen atoms in total. The first-order chi connectivity index (χ1) is 9.22. The number of nitrogens with one attached hydrogen (secondary N) is 1. The minimum absolute atomic E-state index is 0.0115. The molecule has 2 rings (SSSR count). The average molecular weight is 275 g/mol. The Morgan fingerprint density at radius 3 is 2.53 bits per heavy atom. The predicted octanol–water partition coefficient (Wildman–Crippen LogP) is 4.65. The summed E-state index contributed by atoms with van der Waals surface area (Å²) in [7, 11) is 0. The van der Waals surface area contributed by atoms with E-state index in [-0.39, 0.29) is 11.9 Å². The van der Waals surface area contributed by atoms with Crippen molar-refractivity contribution in [3.63, 3.8) is 0 Å². The Kier molecular flexibility index (Phi) is 5.00. The number of halogens is 1. The van der Waals surface area contributed by atoms with Crippen LogP contribution in [0, 0.1) is 5.82 Å². The number of hydrogen-bond donors (Lipinski definition) is 1. The Balaban J connectivity index is 2.32. The van der Waals surface area contributed by atoms with Crippen LogP contribution in [0.4, 0.5) is 4.39 Å². The van der Waals surface area contributed by atoms with E-state index in [0.717, 1.165) is 21.9 Å². The quantitative estimate of drug-likeness (QED) is 0.852. The van der Waals surface area contributed by atoms with E-state index in [0.29, 0.717) is 0 Å². The molecule has 0 fully saturated rings. The fraction of sp³-hybridized carbons (Fsp3) is 0.250. The summed E-state index contributed by atoms with van der Waals surface area (Å²) >= 11 is 1.60. The van der Waals surface area contributed by atoms with Gasteiger partial charge >= 0.3 is 0 Å². The van der Waals surface area contributed by atoms with Crippen LogP contribution >= 0.6 is 11.8 Å². The van der Waals surface area contributed by atoms with Crippen LogP contribution in [0.3, 0.4) is 0 Å². The lowest BCUT2D eigenvalue weighted by Crippen LogP contribution is -2.19. The van der Waals surface area contributed by atoms with Gasteiger partial charge in [0, 0.05) is 21.4 Å². The van der Waals surface area contributed by atoms with Crippen molar-refractivity contribution < 1.29 is 4.39 Å². The molecule has 2 aromatic rings. The molecular formula is C16H18FNS. The highest BCUT2D eigenvalue weighted by atomic mass is 32.2. The van der Waals surface area contributed by atoms with E-state index in [1.54, 1.807) is 17.8 Å². The molecule has 0 bridgehead atoms. The Morgan fingerprint density at radius 2 is 1.84 bits per heavy atom. The Morgan fingerprint density at radius 1 is 1.11 bits per heavy atom. The van der Waals surface area contributed by atoms with Crippen LogP contribution in [0.5, 0.6) is 0 Å². The fourth-order valence-corrected chi connectivity index (χ4v) is 3.13. The van der Waals surface area contributed by atoms with Gasteiger partial charge in [-0.25, -0.2) is 4.39 Å². The third-order valence-corrected chi connectivity index (χ3v) is 4.01. The molecule has 0 heterocycles. The smallest absolute Gasteiger partial charge is 0.129 e. The molecule has 1 N–H and O–H groups in total. The molecule has 0 amide bonds.